The Hall–Kier alpha value is -2.47. The predicted molar refractivity (Wildman–Crippen MR) is 84.8 cm³/mol. The maximum absolute atomic E-state index is 12.0. The average molecular weight is 359 g/mol. The maximum atomic E-state index is 12.0. The number of ketones is 1. The molecule has 0 amide bonds. The highest BCUT2D eigenvalue weighted by Gasteiger charge is 2.17. The molecule has 1 N–H and O–H groups in total. The van der Waals surface area contributed by atoms with Crippen LogP contribution in [-0.2, 0) is 4.74 Å². The number of aromatic nitrogens is 2. The number of rotatable bonds is 4. The van der Waals surface area contributed by atoms with Crippen LogP contribution < -0.4 is 0 Å². The second kappa shape index (κ2) is 6.11. The number of halogens is 1. The molecule has 3 aromatic rings. The van der Waals surface area contributed by atoms with Crippen molar-refractivity contribution in [2.24, 2.45) is 0 Å². The van der Waals surface area contributed by atoms with E-state index in [1.54, 1.807) is 30.3 Å². The molecule has 0 spiro atoms. The smallest absolute Gasteiger partial charge is 0.359 e. The van der Waals surface area contributed by atoms with E-state index in [0.29, 0.717) is 10.9 Å². The van der Waals surface area contributed by atoms with Gasteiger partial charge < -0.3 is 4.74 Å². The molecule has 3 rings (SSSR count). The number of nitrogens with one attached hydrogen (secondary N) is 1. The van der Waals surface area contributed by atoms with Crippen LogP contribution in [0.1, 0.15) is 20.8 Å². The first kappa shape index (κ1) is 14.5. The number of Topliss-reactive ketones (excluding diaryl/α,β-unsaturated/α-hetero) is 1. The number of carbonyl (C=O) groups excluding carboxylic acids is 2. The Morgan fingerprint density at radius 1 is 1.09 bits per heavy atom. The van der Waals surface area contributed by atoms with Crippen LogP contribution in [0.25, 0.3) is 10.9 Å². The van der Waals surface area contributed by atoms with Gasteiger partial charge in [-0.3, -0.25) is 9.89 Å². The van der Waals surface area contributed by atoms with Crippen molar-refractivity contribution in [2.75, 3.05) is 6.61 Å². The summed E-state index contributed by atoms with van der Waals surface area (Å²) in [7, 11) is 0. The fraction of sp³-hybridized carbons (Fsp3) is 0.0625. The zero-order chi connectivity index (χ0) is 15.5. The van der Waals surface area contributed by atoms with Gasteiger partial charge in [0.1, 0.15) is 0 Å². The lowest BCUT2D eigenvalue weighted by Crippen LogP contribution is -2.14. The molecule has 0 radical (unpaired) electrons. The third kappa shape index (κ3) is 2.92. The van der Waals surface area contributed by atoms with Crippen molar-refractivity contribution in [1.82, 2.24) is 10.2 Å². The molecule has 0 saturated heterocycles. The van der Waals surface area contributed by atoms with Crippen molar-refractivity contribution in [3.8, 4) is 0 Å². The lowest BCUT2D eigenvalue weighted by molar-refractivity contribution is 0.0471. The molecule has 2 aromatic carbocycles. The van der Waals surface area contributed by atoms with Crippen LogP contribution in [-0.4, -0.2) is 28.6 Å². The fourth-order valence-corrected chi connectivity index (χ4v) is 2.30. The van der Waals surface area contributed by atoms with Crippen molar-refractivity contribution in [1.29, 1.82) is 0 Å². The molecule has 0 aliphatic heterocycles. The molecule has 1 aromatic heterocycles. The molecule has 0 atom stereocenters. The molecule has 0 aliphatic carbocycles. The standard InChI is InChI=1S/C16H11BrN2O3/c17-11-7-5-10(6-8-11)14(20)9-22-16(21)15-12-3-1-2-4-13(12)18-19-15/h1-8H,9H2,(H,18,19). The molecule has 110 valence electrons. The molecule has 6 heteroatoms. The van der Waals surface area contributed by atoms with Crippen LogP contribution >= 0.6 is 15.9 Å². The van der Waals surface area contributed by atoms with E-state index in [0.717, 1.165) is 9.99 Å². The lowest BCUT2D eigenvalue weighted by atomic mass is 10.1. The Balaban J connectivity index is 1.70. The number of aromatic amines is 1. The van der Waals surface area contributed by atoms with Gasteiger partial charge in [0, 0.05) is 15.4 Å². The lowest BCUT2D eigenvalue weighted by Gasteiger charge is -2.03. The number of esters is 1. The Morgan fingerprint density at radius 3 is 2.59 bits per heavy atom. The number of ether oxygens (including phenoxy) is 1. The number of H-pyrrole nitrogens is 1. The molecule has 0 aliphatic rings. The van der Waals surface area contributed by atoms with E-state index >= 15 is 0 Å². The van der Waals surface area contributed by atoms with Gasteiger partial charge >= 0.3 is 5.97 Å². The summed E-state index contributed by atoms with van der Waals surface area (Å²) < 4.78 is 5.94. The van der Waals surface area contributed by atoms with E-state index in [1.165, 1.54) is 0 Å². The van der Waals surface area contributed by atoms with E-state index in [1.807, 2.05) is 18.2 Å². The maximum Gasteiger partial charge on any atom is 0.359 e. The van der Waals surface area contributed by atoms with E-state index in [2.05, 4.69) is 26.1 Å². The monoisotopic (exact) mass is 358 g/mol. The van der Waals surface area contributed by atoms with Crippen LogP contribution in [0.5, 0.6) is 0 Å². The Bertz CT molecular complexity index is 840. The van der Waals surface area contributed by atoms with Gasteiger partial charge in [-0.1, -0.05) is 46.3 Å². The van der Waals surface area contributed by atoms with Crippen LogP contribution in [0.15, 0.2) is 53.0 Å². The van der Waals surface area contributed by atoms with Crippen molar-refractivity contribution in [3.05, 3.63) is 64.3 Å². The van der Waals surface area contributed by atoms with Crippen LogP contribution in [0.2, 0.25) is 0 Å². The summed E-state index contributed by atoms with van der Waals surface area (Å²) in [4.78, 5) is 24.0. The summed E-state index contributed by atoms with van der Waals surface area (Å²) in [5.41, 5.74) is 1.41. The Morgan fingerprint density at radius 2 is 1.82 bits per heavy atom. The Kier molecular flexibility index (Phi) is 4.02. The molecule has 0 saturated carbocycles. The van der Waals surface area contributed by atoms with Gasteiger partial charge in [0.25, 0.3) is 0 Å². The third-order valence-electron chi connectivity index (χ3n) is 3.16. The highest BCUT2D eigenvalue weighted by Crippen LogP contribution is 2.16. The second-order valence-electron chi connectivity index (χ2n) is 4.62. The van der Waals surface area contributed by atoms with Crippen molar-refractivity contribution >= 4 is 38.6 Å². The highest BCUT2D eigenvalue weighted by molar-refractivity contribution is 9.10. The number of carbonyl (C=O) groups is 2. The van der Waals surface area contributed by atoms with Gasteiger partial charge in [-0.05, 0) is 18.2 Å². The normalized spacial score (nSPS) is 10.6. The quantitative estimate of drug-likeness (QED) is 0.573. The SMILES string of the molecule is O=C(COC(=O)c1n[nH]c2ccccc12)c1ccc(Br)cc1. The summed E-state index contributed by atoms with van der Waals surface area (Å²) in [6, 6.07) is 14.1. The second-order valence-corrected chi connectivity index (χ2v) is 5.54. The minimum absolute atomic E-state index is 0.180. The number of nitrogens with zero attached hydrogens (tertiary/aromatic N) is 1. The van der Waals surface area contributed by atoms with Gasteiger partial charge in [-0.2, -0.15) is 5.10 Å². The van der Waals surface area contributed by atoms with Gasteiger partial charge in [-0.25, -0.2) is 4.79 Å². The molecular weight excluding hydrogens is 348 g/mol. The summed E-state index contributed by atoms with van der Waals surface area (Å²) in [6.07, 6.45) is 0. The highest BCUT2D eigenvalue weighted by atomic mass is 79.9. The number of hydrogen-bond donors (Lipinski definition) is 1. The van der Waals surface area contributed by atoms with Gasteiger partial charge in [-0.15, -0.1) is 0 Å². The number of fused-ring (bicyclic) bond motifs is 1. The minimum Gasteiger partial charge on any atom is -0.452 e. The summed E-state index contributed by atoms with van der Waals surface area (Å²) in [6.45, 7) is -0.318. The van der Waals surface area contributed by atoms with E-state index in [4.69, 9.17) is 4.74 Å². The molecule has 22 heavy (non-hydrogen) atoms. The van der Waals surface area contributed by atoms with Gasteiger partial charge in [0.2, 0.25) is 0 Å². The first-order chi connectivity index (χ1) is 10.6. The first-order valence-corrected chi connectivity index (χ1v) is 7.33. The van der Waals surface area contributed by atoms with E-state index in [9.17, 15) is 9.59 Å². The van der Waals surface area contributed by atoms with Crippen molar-refractivity contribution in [3.63, 3.8) is 0 Å². The van der Waals surface area contributed by atoms with Crippen molar-refractivity contribution < 1.29 is 14.3 Å². The first-order valence-electron chi connectivity index (χ1n) is 6.54. The average Bonchev–Trinajstić information content (AvgIpc) is 2.97. The van der Waals surface area contributed by atoms with E-state index < -0.39 is 5.97 Å². The van der Waals surface area contributed by atoms with Crippen molar-refractivity contribution in [2.45, 2.75) is 0 Å². The molecule has 5 nitrogen and oxygen atoms in total. The molecule has 0 unspecified atom stereocenters. The van der Waals surface area contributed by atoms with Crippen LogP contribution in [0, 0.1) is 0 Å². The number of para-hydroxylation sites is 1. The van der Waals surface area contributed by atoms with Crippen LogP contribution in [0.3, 0.4) is 0 Å². The zero-order valence-electron chi connectivity index (χ0n) is 11.4. The minimum atomic E-state index is -0.622. The zero-order valence-corrected chi connectivity index (χ0v) is 13.0. The molecule has 0 fully saturated rings. The van der Waals surface area contributed by atoms with Gasteiger partial charge in [0.05, 0.1) is 5.52 Å². The molecule has 1 heterocycles. The van der Waals surface area contributed by atoms with Crippen LogP contribution in [0.4, 0.5) is 0 Å². The number of hydrogen-bond acceptors (Lipinski definition) is 4. The number of benzene rings is 2. The fourth-order valence-electron chi connectivity index (χ4n) is 2.04. The third-order valence-corrected chi connectivity index (χ3v) is 3.69. The topological polar surface area (TPSA) is 72.1 Å². The van der Waals surface area contributed by atoms with E-state index in [-0.39, 0.29) is 18.1 Å². The largest absolute Gasteiger partial charge is 0.452 e. The summed E-state index contributed by atoms with van der Waals surface area (Å²) >= 11 is 3.30. The van der Waals surface area contributed by atoms with Gasteiger partial charge in [0.15, 0.2) is 18.1 Å². The molecule has 0 bridgehead atoms. The Labute approximate surface area is 134 Å². The summed E-state index contributed by atoms with van der Waals surface area (Å²) in [5, 5.41) is 7.36. The predicted octanol–water partition coefficient (Wildman–Crippen LogP) is 3.37. The molecular formula is C16H11BrN2O3. The summed E-state index contributed by atoms with van der Waals surface area (Å²) in [5.74, 6) is -0.886.